The molecule has 0 saturated heterocycles. The van der Waals surface area contributed by atoms with Crippen molar-refractivity contribution in [3.05, 3.63) is 35.9 Å². The number of rotatable bonds is 6. The lowest BCUT2D eigenvalue weighted by atomic mass is 9.81. The molecule has 0 aromatic heterocycles. The van der Waals surface area contributed by atoms with Gasteiger partial charge in [-0.15, -0.1) is 0 Å². The number of halogens is 2. The van der Waals surface area contributed by atoms with Crippen molar-refractivity contribution in [2.24, 2.45) is 11.8 Å². The van der Waals surface area contributed by atoms with Crippen molar-refractivity contribution in [3.63, 3.8) is 0 Å². The molecule has 2 unspecified atom stereocenters. The van der Waals surface area contributed by atoms with Crippen LogP contribution in [0.2, 0.25) is 0 Å². The van der Waals surface area contributed by atoms with Gasteiger partial charge in [0.2, 0.25) is 0 Å². The molecule has 0 amide bonds. The summed E-state index contributed by atoms with van der Waals surface area (Å²) < 4.78 is 27.8. The van der Waals surface area contributed by atoms with Crippen LogP contribution in [0.15, 0.2) is 30.3 Å². The molecule has 0 bridgehead atoms. The SMILES string of the molecule is CC1CCCC(CCNCC(F)(F)c2ccccc2)C1. The Bertz CT molecular complexity index is 391. The number of hydrogen-bond acceptors (Lipinski definition) is 1. The van der Waals surface area contributed by atoms with Crippen molar-refractivity contribution in [2.75, 3.05) is 13.1 Å². The fraction of sp³-hybridized carbons (Fsp3) is 0.647. The molecule has 1 aromatic carbocycles. The maximum atomic E-state index is 13.9. The van der Waals surface area contributed by atoms with Gasteiger partial charge in [-0.2, -0.15) is 8.78 Å². The Labute approximate surface area is 120 Å². The van der Waals surface area contributed by atoms with Crippen LogP contribution in [0.3, 0.4) is 0 Å². The first-order chi connectivity index (χ1) is 9.58. The predicted molar refractivity (Wildman–Crippen MR) is 78.9 cm³/mol. The minimum Gasteiger partial charge on any atom is -0.311 e. The molecule has 1 aromatic rings. The molecular weight excluding hydrogens is 256 g/mol. The standard InChI is InChI=1S/C17H25F2N/c1-14-6-5-7-15(12-14)10-11-20-13-17(18,19)16-8-3-2-4-9-16/h2-4,8-9,14-15,20H,5-7,10-13H2,1H3. The predicted octanol–water partition coefficient (Wildman–Crippen LogP) is 4.58. The highest BCUT2D eigenvalue weighted by atomic mass is 19.3. The molecule has 0 radical (unpaired) electrons. The number of benzene rings is 1. The first-order valence-electron chi connectivity index (χ1n) is 7.72. The van der Waals surface area contributed by atoms with E-state index in [0.717, 1.165) is 18.3 Å². The van der Waals surface area contributed by atoms with E-state index in [4.69, 9.17) is 0 Å². The van der Waals surface area contributed by atoms with E-state index in [1.807, 2.05) is 0 Å². The van der Waals surface area contributed by atoms with Gasteiger partial charge in [-0.25, -0.2) is 0 Å². The van der Waals surface area contributed by atoms with Gasteiger partial charge in [0.25, 0.3) is 5.92 Å². The second-order valence-corrected chi connectivity index (χ2v) is 6.17. The number of alkyl halides is 2. The van der Waals surface area contributed by atoms with Gasteiger partial charge in [-0.1, -0.05) is 56.5 Å². The molecule has 20 heavy (non-hydrogen) atoms. The van der Waals surface area contributed by atoms with Gasteiger partial charge in [0.05, 0.1) is 6.54 Å². The van der Waals surface area contributed by atoms with Crippen molar-refractivity contribution < 1.29 is 8.78 Å². The van der Waals surface area contributed by atoms with Gasteiger partial charge in [0.1, 0.15) is 0 Å². The van der Waals surface area contributed by atoms with Crippen molar-refractivity contribution in [2.45, 2.75) is 45.0 Å². The molecule has 1 aliphatic carbocycles. The second kappa shape index (κ2) is 7.16. The van der Waals surface area contributed by atoms with Crippen molar-refractivity contribution >= 4 is 0 Å². The first-order valence-corrected chi connectivity index (χ1v) is 7.72. The van der Waals surface area contributed by atoms with Crippen LogP contribution >= 0.6 is 0 Å². The van der Waals surface area contributed by atoms with Crippen molar-refractivity contribution in [1.82, 2.24) is 5.32 Å². The van der Waals surface area contributed by atoms with Gasteiger partial charge in [-0.05, 0) is 31.2 Å². The molecule has 0 spiro atoms. The number of nitrogens with one attached hydrogen (secondary N) is 1. The third-order valence-electron chi connectivity index (χ3n) is 4.32. The summed E-state index contributed by atoms with van der Waals surface area (Å²) >= 11 is 0. The summed E-state index contributed by atoms with van der Waals surface area (Å²) in [4.78, 5) is 0. The monoisotopic (exact) mass is 281 g/mol. The molecular formula is C17H25F2N. The lowest BCUT2D eigenvalue weighted by molar-refractivity contribution is -0.00336. The Hall–Kier alpha value is -0.960. The quantitative estimate of drug-likeness (QED) is 0.752. The smallest absolute Gasteiger partial charge is 0.285 e. The van der Waals surface area contributed by atoms with Gasteiger partial charge < -0.3 is 5.32 Å². The molecule has 1 nitrogen and oxygen atoms in total. The molecule has 2 atom stereocenters. The first kappa shape index (κ1) is 15.4. The summed E-state index contributed by atoms with van der Waals surface area (Å²) in [6.45, 7) is 2.72. The van der Waals surface area contributed by atoms with Gasteiger partial charge in [0.15, 0.2) is 0 Å². The van der Waals surface area contributed by atoms with Crippen molar-refractivity contribution in [1.29, 1.82) is 0 Å². The molecule has 112 valence electrons. The van der Waals surface area contributed by atoms with Gasteiger partial charge in [-0.3, -0.25) is 0 Å². The maximum absolute atomic E-state index is 13.9. The topological polar surface area (TPSA) is 12.0 Å². The van der Waals surface area contributed by atoms with Crippen LogP contribution in [0.25, 0.3) is 0 Å². The van der Waals surface area contributed by atoms with Gasteiger partial charge >= 0.3 is 0 Å². The van der Waals surface area contributed by atoms with Crippen LogP contribution < -0.4 is 5.32 Å². The average Bonchev–Trinajstić information content (AvgIpc) is 2.45. The lowest BCUT2D eigenvalue weighted by Gasteiger charge is -2.27. The van der Waals surface area contributed by atoms with Crippen LogP contribution in [0, 0.1) is 11.8 Å². The fourth-order valence-electron chi connectivity index (χ4n) is 3.16. The normalized spacial score (nSPS) is 23.8. The summed E-state index contributed by atoms with van der Waals surface area (Å²) in [7, 11) is 0. The van der Waals surface area contributed by atoms with Crippen LogP contribution in [0.1, 0.15) is 44.6 Å². The maximum Gasteiger partial charge on any atom is 0.285 e. The van der Waals surface area contributed by atoms with Crippen LogP contribution in [-0.4, -0.2) is 13.1 Å². The molecule has 1 N–H and O–H groups in total. The summed E-state index contributed by atoms with van der Waals surface area (Å²) in [6, 6.07) is 8.06. The Kier molecular flexibility index (Phi) is 5.53. The third kappa shape index (κ3) is 4.55. The van der Waals surface area contributed by atoms with E-state index in [0.29, 0.717) is 6.54 Å². The Balaban J connectivity index is 1.70. The second-order valence-electron chi connectivity index (χ2n) is 6.17. The molecule has 0 heterocycles. The highest BCUT2D eigenvalue weighted by molar-refractivity contribution is 5.20. The van der Waals surface area contributed by atoms with E-state index in [1.165, 1.54) is 37.8 Å². The summed E-state index contributed by atoms with van der Waals surface area (Å²) in [5, 5.41) is 2.94. The summed E-state index contributed by atoms with van der Waals surface area (Å²) in [5.41, 5.74) is 0.0961. The van der Waals surface area contributed by atoms with Gasteiger partial charge in [0, 0.05) is 5.56 Å². The zero-order valence-corrected chi connectivity index (χ0v) is 12.2. The molecule has 1 saturated carbocycles. The lowest BCUT2D eigenvalue weighted by Crippen LogP contribution is -2.32. The molecule has 0 aliphatic heterocycles. The Morgan fingerprint density at radius 1 is 1.20 bits per heavy atom. The summed E-state index contributed by atoms with van der Waals surface area (Å²) in [6.07, 6.45) is 6.18. The van der Waals surface area contributed by atoms with Crippen LogP contribution in [0.5, 0.6) is 0 Å². The molecule has 1 aliphatic rings. The zero-order valence-electron chi connectivity index (χ0n) is 12.2. The van der Waals surface area contributed by atoms with Crippen LogP contribution in [0.4, 0.5) is 8.78 Å². The van der Waals surface area contributed by atoms with Crippen molar-refractivity contribution in [3.8, 4) is 0 Å². The van der Waals surface area contributed by atoms with E-state index in [1.54, 1.807) is 18.2 Å². The van der Waals surface area contributed by atoms with Crippen LogP contribution in [-0.2, 0) is 5.92 Å². The zero-order chi connectivity index (χ0) is 14.4. The Morgan fingerprint density at radius 3 is 2.65 bits per heavy atom. The minimum absolute atomic E-state index is 0.0961. The molecule has 3 heteroatoms. The largest absolute Gasteiger partial charge is 0.311 e. The highest BCUT2D eigenvalue weighted by Crippen LogP contribution is 2.30. The molecule has 2 rings (SSSR count). The average molecular weight is 281 g/mol. The van der Waals surface area contributed by atoms with E-state index in [2.05, 4.69) is 12.2 Å². The summed E-state index contributed by atoms with van der Waals surface area (Å²) in [5.74, 6) is -1.25. The Morgan fingerprint density at radius 2 is 1.95 bits per heavy atom. The third-order valence-corrected chi connectivity index (χ3v) is 4.32. The highest BCUT2D eigenvalue weighted by Gasteiger charge is 2.30. The van der Waals surface area contributed by atoms with E-state index < -0.39 is 5.92 Å². The molecule has 1 fully saturated rings. The van der Waals surface area contributed by atoms with E-state index >= 15 is 0 Å². The van der Waals surface area contributed by atoms with E-state index in [9.17, 15) is 8.78 Å². The fourth-order valence-corrected chi connectivity index (χ4v) is 3.16. The number of hydrogen-bond donors (Lipinski definition) is 1. The minimum atomic E-state index is -2.78. The van der Waals surface area contributed by atoms with E-state index in [-0.39, 0.29) is 12.1 Å².